The van der Waals surface area contributed by atoms with E-state index in [1.165, 1.54) is 12.3 Å². The van der Waals surface area contributed by atoms with E-state index in [1.807, 2.05) is 0 Å². The van der Waals surface area contributed by atoms with E-state index in [4.69, 9.17) is 40.1 Å². The van der Waals surface area contributed by atoms with Gasteiger partial charge >= 0.3 is 17.9 Å². The number of rotatable bonds is 7. The van der Waals surface area contributed by atoms with E-state index in [0.717, 1.165) is 4.57 Å². The zero-order chi connectivity index (χ0) is 27.2. The SMILES string of the molecule is CC(C)(C)OC(=O)NCCOCCO.NC(=O)O.Nc1ccn([C@@H]2O[C@H](CO)[C@@H](O)[C@@H]2O)c(=O)n1. The van der Waals surface area contributed by atoms with E-state index >= 15 is 0 Å². The van der Waals surface area contributed by atoms with Gasteiger partial charge in [0.05, 0.1) is 26.4 Å². The summed E-state index contributed by atoms with van der Waals surface area (Å²) in [4.78, 5) is 34.8. The zero-order valence-corrected chi connectivity index (χ0v) is 19.7. The van der Waals surface area contributed by atoms with Crippen molar-refractivity contribution in [3.05, 3.63) is 22.7 Å². The van der Waals surface area contributed by atoms with Crippen LogP contribution >= 0.6 is 0 Å². The monoisotopic (exact) mass is 509 g/mol. The number of hydrogen-bond acceptors (Lipinski definition) is 12. The van der Waals surface area contributed by atoms with Gasteiger partial charge in [-0.2, -0.15) is 4.98 Å². The molecule has 0 radical (unpaired) electrons. The number of aliphatic hydroxyl groups is 4. The summed E-state index contributed by atoms with van der Waals surface area (Å²) >= 11 is 0. The lowest BCUT2D eigenvalue weighted by atomic mass is 10.1. The number of nitrogen functional groups attached to an aromatic ring is 1. The molecule has 1 fully saturated rings. The van der Waals surface area contributed by atoms with Crippen molar-refractivity contribution in [2.45, 2.75) is 50.9 Å². The maximum absolute atomic E-state index is 11.5. The van der Waals surface area contributed by atoms with Crippen LogP contribution in [-0.2, 0) is 14.2 Å². The standard InChI is InChI=1S/C9H13N3O5.C9H19NO4.CH3NO2/c10-5-1-2-12(9(16)11-5)8-7(15)6(14)4(3-13)17-8;1-9(2,3)14-8(12)10-4-6-13-7-5-11;2-1(3)4/h1-2,4,6-8,13-15H,3H2,(H2,10,11,16);11H,4-7H2,1-3H3,(H,10,12);2H2,(H,3,4)/t4-,6-,7+,8-;;/m1../s1. The Labute approximate surface area is 201 Å². The van der Waals surface area contributed by atoms with E-state index in [0.29, 0.717) is 13.2 Å². The highest BCUT2D eigenvalue weighted by Crippen LogP contribution is 2.27. The molecule has 1 aromatic rings. The highest BCUT2D eigenvalue weighted by atomic mass is 16.6. The summed E-state index contributed by atoms with van der Waals surface area (Å²) in [6.07, 6.45) is -5.05. The molecule has 10 N–H and O–H groups in total. The van der Waals surface area contributed by atoms with Gasteiger partial charge in [0, 0.05) is 12.7 Å². The molecule has 2 amide bonds. The Kier molecular flexibility index (Phi) is 14.4. The Bertz CT molecular complexity index is 826. The normalized spacial score (nSPS) is 21.1. The lowest BCUT2D eigenvalue weighted by molar-refractivity contribution is -0.0549. The number of carbonyl (C=O) groups excluding carboxylic acids is 1. The molecule has 16 heteroatoms. The molecular formula is C19H35N5O11. The van der Waals surface area contributed by atoms with Crippen LogP contribution in [0.4, 0.5) is 15.4 Å². The van der Waals surface area contributed by atoms with Gasteiger partial charge in [-0.15, -0.1) is 0 Å². The first-order valence-corrected chi connectivity index (χ1v) is 10.3. The summed E-state index contributed by atoms with van der Waals surface area (Å²) < 4.78 is 16.1. The fourth-order valence-corrected chi connectivity index (χ4v) is 2.44. The molecule has 16 nitrogen and oxygen atoms in total. The fraction of sp³-hybridized carbons (Fsp3) is 0.684. The Morgan fingerprint density at radius 3 is 2.29 bits per heavy atom. The molecule has 0 aromatic carbocycles. The van der Waals surface area contributed by atoms with Crippen molar-refractivity contribution >= 4 is 18.0 Å². The molecule has 202 valence electrons. The fourth-order valence-electron chi connectivity index (χ4n) is 2.44. The molecule has 2 rings (SSSR count). The second kappa shape index (κ2) is 15.8. The smallest absolute Gasteiger partial charge is 0.407 e. The van der Waals surface area contributed by atoms with Crippen molar-refractivity contribution in [1.29, 1.82) is 0 Å². The number of ether oxygens (including phenoxy) is 3. The first kappa shape index (κ1) is 32.0. The Morgan fingerprint density at radius 2 is 1.83 bits per heavy atom. The minimum Gasteiger partial charge on any atom is -0.465 e. The summed E-state index contributed by atoms with van der Waals surface area (Å²) in [5.41, 5.74) is 8.18. The van der Waals surface area contributed by atoms with Crippen LogP contribution in [0.3, 0.4) is 0 Å². The van der Waals surface area contributed by atoms with Gasteiger partial charge in [-0.3, -0.25) is 4.57 Å². The summed E-state index contributed by atoms with van der Waals surface area (Å²) in [5, 5.41) is 46.3. The molecular weight excluding hydrogens is 474 g/mol. The minimum atomic E-state index is -1.33. The maximum atomic E-state index is 11.5. The highest BCUT2D eigenvalue weighted by molar-refractivity contribution is 5.67. The third-order valence-electron chi connectivity index (χ3n) is 3.79. The summed E-state index contributed by atoms with van der Waals surface area (Å²) in [5.74, 6) is 0.0537. The van der Waals surface area contributed by atoms with Crippen LogP contribution in [-0.4, -0.2) is 104 Å². The molecule has 0 spiro atoms. The topological polar surface area (TPSA) is 262 Å². The Balaban J connectivity index is 0.000000583. The quantitative estimate of drug-likeness (QED) is 0.178. The predicted octanol–water partition coefficient (Wildman–Crippen LogP) is -2.42. The van der Waals surface area contributed by atoms with E-state index in [1.54, 1.807) is 20.8 Å². The Hall–Kier alpha value is -3.02. The molecule has 35 heavy (non-hydrogen) atoms. The average molecular weight is 510 g/mol. The van der Waals surface area contributed by atoms with Crippen molar-refractivity contribution in [3.63, 3.8) is 0 Å². The zero-order valence-electron chi connectivity index (χ0n) is 19.7. The number of amides is 2. The number of aromatic nitrogens is 2. The van der Waals surface area contributed by atoms with E-state index < -0.39 is 54.6 Å². The highest BCUT2D eigenvalue weighted by Gasteiger charge is 2.43. The number of carbonyl (C=O) groups is 2. The number of nitrogens with one attached hydrogen (secondary N) is 1. The average Bonchev–Trinajstić information content (AvgIpc) is 3.01. The van der Waals surface area contributed by atoms with Crippen molar-refractivity contribution in [2.24, 2.45) is 5.73 Å². The summed E-state index contributed by atoms with van der Waals surface area (Å²) in [6, 6.07) is 1.37. The van der Waals surface area contributed by atoms with Crippen LogP contribution in [0.1, 0.15) is 27.0 Å². The van der Waals surface area contributed by atoms with Crippen LogP contribution in [0.25, 0.3) is 0 Å². The van der Waals surface area contributed by atoms with Crippen molar-refractivity contribution < 1.29 is 49.3 Å². The molecule has 1 saturated heterocycles. The maximum Gasteiger partial charge on any atom is 0.407 e. The van der Waals surface area contributed by atoms with Gasteiger partial charge < -0.3 is 56.5 Å². The summed E-state index contributed by atoms with van der Waals surface area (Å²) in [6.45, 7) is 5.99. The van der Waals surface area contributed by atoms with Gasteiger partial charge in [-0.05, 0) is 26.8 Å². The Morgan fingerprint density at radius 1 is 1.23 bits per heavy atom. The number of alkyl carbamates (subject to hydrolysis) is 1. The molecule has 1 aliphatic heterocycles. The first-order chi connectivity index (χ1) is 16.2. The second-order valence-corrected chi connectivity index (χ2v) is 7.87. The van der Waals surface area contributed by atoms with Crippen molar-refractivity contribution in [3.8, 4) is 0 Å². The van der Waals surface area contributed by atoms with Crippen LogP contribution in [0, 0.1) is 0 Å². The van der Waals surface area contributed by atoms with Crippen LogP contribution in [0.5, 0.6) is 0 Å². The molecule has 4 atom stereocenters. The van der Waals surface area contributed by atoms with Gasteiger partial charge in [-0.1, -0.05) is 0 Å². The number of aliphatic hydroxyl groups excluding tert-OH is 4. The summed E-state index contributed by atoms with van der Waals surface area (Å²) in [7, 11) is 0. The van der Waals surface area contributed by atoms with E-state index in [-0.39, 0.29) is 19.0 Å². The lowest BCUT2D eigenvalue weighted by Crippen LogP contribution is -2.36. The molecule has 0 saturated carbocycles. The third-order valence-corrected chi connectivity index (χ3v) is 3.79. The molecule has 0 unspecified atom stereocenters. The largest absolute Gasteiger partial charge is 0.465 e. The van der Waals surface area contributed by atoms with Gasteiger partial charge in [0.1, 0.15) is 29.7 Å². The number of hydrogen-bond donors (Lipinski definition) is 8. The molecule has 1 aromatic heterocycles. The number of carboxylic acid groups (broad SMARTS) is 1. The minimum absolute atomic E-state index is 0.00750. The van der Waals surface area contributed by atoms with Gasteiger partial charge in [0.15, 0.2) is 6.23 Å². The molecule has 0 aliphatic carbocycles. The van der Waals surface area contributed by atoms with E-state index in [9.17, 15) is 19.8 Å². The number of nitrogens with zero attached hydrogens (tertiary/aromatic N) is 2. The predicted molar refractivity (Wildman–Crippen MR) is 120 cm³/mol. The molecule has 1 aliphatic rings. The van der Waals surface area contributed by atoms with Crippen LogP contribution < -0.4 is 22.5 Å². The van der Waals surface area contributed by atoms with Crippen LogP contribution in [0.15, 0.2) is 17.1 Å². The van der Waals surface area contributed by atoms with Crippen molar-refractivity contribution in [2.75, 3.05) is 38.7 Å². The lowest BCUT2D eigenvalue weighted by Gasteiger charge is -2.19. The molecule has 2 heterocycles. The molecule has 0 bridgehead atoms. The first-order valence-electron chi connectivity index (χ1n) is 10.3. The van der Waals surface area contributed by atoms with Gasteiger partial charge in [0.25, 0.3) is 0 Å². The number of anilines is 1. The van der Waals surface area contributed by atoms with Crippen molar-refractivity contribution in [1.82, 2.24) is 14.9 Å². The van der Waals surface area contributed by atoms with Gasteiger partial charge in [0.2, 0.25) is 0 Å². The second-order valence-electron chi connectivity index (χ2n) is 7.87. The third kappa shape index (κ3) is 13.5. The van der Waals surface area contributed by atoms with Gasteiger partial charge in [-0.25, -0.2) is 14.4 Å². The number of nitrogens with two attached hydrogens (primary N) is 2. The number of primary amides is 1. The van der Waals surface area contributed by atoms with E-state index in [2.05, 4.69) is 16.0 Å². The van der Waals surface area contributed by atoms with Crippen LogP contribution in [0.2, 0.25) is 0 Å².